The molecule has 0 aliphatic rings. The predicted molar refractivity (Wildman–Crippen MR) is 60.8 cm³/mol. The lowest BCUT2D eigenvalue weighted by Gasteiger charge is -2.07. The van der Waals surface area contributed by atoms with Crippen molar-refractivity contribution in [2.24, 2.45) is 0 Å². The normalized spacial score (nSPS) is 12.8. The van der Waals surface area contributed by atoms with Gasteiger partial charge in [0.05, 0.1) is 6.61 Å². The van der Waals surface area contributed by atoms with Crippen molar-refractivity contribution in [2.45, 2.75) is 33.6 Å². The van der Waals surface area contributed by atoms with E-state index in [2.05, 4.69) is 10.5 Å². The molecular weight excluding hydrogens is 212 g/mol. The molecule has 0 aliphatic carbocycles. The van der Waals surface area contributed by atoms with Crippen LogP contribution >= 0.6 is 0 Å². The minimum absolute atomic E-state index is 0.0381. The van der Waals surface area contributed by atoms with Gasteiger partial charge in [0.15, 0.2) is 0 Å². The van der Waals surface area contributed by atoms with Gasteiger partial charge in [-0.3, -0.25) is 0 Å². The molecule has 0 unspecified atom stereocenters. The van der Waals surface area contributed by atoms with Crippen LogP contribution in [0.2, 0.25) is 0 Å². The van der Waals surface area contributed by atoms with Gasteiger partial charge in [-0.25, -0.2) is 0 Å². The summed E-state index contributed by atoms with van der Waals surface area (Å²) in [7, 11) is -4.33. The highest BCUT2D eigenvalue weighted by molar-refractivity contribution is 6.48. The second-order valence-corrected chi connectivity index (χ2v) is 5.19. The smallest absolute Gasteiger partial charge is 0.368 e. The van der Waals surface area contributed by atoms with Gasteiger partial charge in [0.2, 0.25) is 0 Å². The lowest BCUT2D eigenvalue weighted by molar-refractivity contribution is 0.0743. The Hall–Kier alpha value is -0.463. The number of allylic oxidation sites excluding steroid dienone is 3. The van der Waals surface area contributed by atoms with Crippen LogP contribution in [0.4, 0.5) is 0 Å². The van der Waals surface area contributed by atoms with E-state index in [0.29, 0.717) is 0 Å². The Labute approximate surface area is 92.0 Å². The third-order valence-corrected chi connectivity index (χ3v) is 2.35. The Morgan fingerprint density at radius 1 is 1.13 bits per heavy atom. The van der Waals surface area contributed by atoms with E-state index in [-0.39, 0.29) is 6.61 Å². The van der Waals surface area contributed by atoms with E-state index in [4.69, 9.17) is 14.4 Å². The van der Waals surface area contributed by atoms with Crippen molar-refractivity contribution in [2.75, 3.05) is 6.61 Å². The first kappa shape index (κ1) is 14.5. The van der Waals surface area contributed by atoms with Gasteiger partial charge in [0.25, 0.3) is 0 Å². The van der Waals surface area contributed by atoms with Gasteiger partial charge < -0.3 is 18.8 Å². The van der Waals surface area contributed by atoms with Crippen LogP contribution < -0.4 is 0 Å². The van der Waals surface area contributed by atoms with Crippen molar-refractivity contribution >= 4 is 9.05 Å². The molecule has 0 fully saturated rings. The molecule has 0 atom stereocenters. The lowest BCUT2D eigenvalue weighted by Crippen LogP contribution is -2.38. The highest BCUT2D eigenvalue weighted by Gasteiger charge is 2.29. The molecule has 0 saturated heterocycles. The second kappa shape index (κ2) is 6.92. The van der Waals surface area contributed by atoms with Crippen molar-refractivity contribution in [1.29, 1.82) is 0 Å². The van der Waals surface area contributed by atoms with E-state index >= 15 is 0 Å². The van der Waals surface area contributed by atoms with E-state index in [0.717, 1.165) is 18.4 Å². The van der Waals surface area contributed by atoms with Gasteiger partial charge in [-0.15, -0.1) is 0 Å². The number of rotatable bonds is 6. The molecule has 4 nitrogen and oxygen atoms in total. The molecule has 3 N–H and O–H groups in total. The van der Waals surface area contributed by atoms with Gasteiger partial charge in [0.1, 0.15) is 0 Å². The fraction of sp³-hybridized carbons (Fsp3) is 0.600. The van der Waals surface area contributed by atoms with Crippen molar-refractivity contribution in [3.8, 4) is 0 Å². The van der Waals surface area contributed by atoms with E-state index in [1.807, 2.05) is 20.8 Å². The molecule has 0 aliphatic heterocycles. The molecule has 0 aromatic carbocycles. The minimum Gasteiger partial charge on any atom is -0.368 e. The molecule has 0 aromatic rings. The standard InChI is InChI=1S/C10H20O4Si/c1-9(2)5-4-6-10(3)7-8-14-15(11,12)13/h5,7,11-13H,4,6,8H2,1-3H3/b10-7+. The van der Waals surface area contributed by atoms with Gasteiger partial charge in [-0.05, 0) is 33.6 Å². The third kappa shape index (κ3) is 11.5. The zero-order valence-electron chi connectivity index (χ0n) is 9.53. The quantitative estimate of drug-likeness (QED) is 0.474. The molecule has 0 radical (unpaired) electrons. The van der Waals surface area contributed by atoms with Crippen molar-refractivity contribution in [1.82, 2.24) is 0 Å². The van der Waals surface area contributed by atoms with E-state index < -0.39 is 9.05 Å². The summed E-state index contributed by atoms with van der Waals surface area (Å²) < 4.78 is 4.44. The highest BCUT2D eigenvalue weighted by Crippen LogP contribution is 2.06. The molecule has 15 heavy (non-hydrogen) atoms. The van der Waals surface area contributed by atoms with Crippen molar-refractivity contribution < 1.29 is 18.8 Å². The molecule has 0 bridgehead atoms. The largest absolute Gasteiger partial charge is 0.671 e. The van der Waals surface area contributed by atoms with Gasteiger partial charge >= 0.3 is 9.05 Å². The van der Waals surface area contributed by atoms with Gasteiger partial charge in [-0.2, -0.15) is 0 Å². The summed E-state index contributed by atoms with van der Waals surface area (Å²) in [6.07, 6.45) is 5.75. The van der Waals surface area contributed by atoms with Crippen LogP contribution in [0.1, 0.15) is 33.6 Å². The maximum absolute atomic E-state index is 8.57. The first-order chi connectivity index (χ1) is 6.81. The maximum atomic E-state index is 8.57. The Morgan fingerprint density at radius 2 is 1.73 bits per heavy atom. The summed E-state index contributed by atoms with van der Waals surface area (Å²) in [6, 6.07) is 0. The summed E-state index contributed by atoms with van der Waals surface area (Å²) in [4.78, 5) is 25.7. The zero-order valence-corrected chi connectivity index (χ0v) is 10.5. The first-order valence-corrected chi connectivity index (χ1v) is 6.66. The number of hydrogen-bond donors (Lipinski definition) is 3. The monoisotopic (exact) mass is 232 g/mol. The Kier molecular flexibility index (Phi) is 6.70. The fourth-order valence-electron chi connectivity index (χ4n) is 0.986. The summed E-state index contributed by atoms with van der Waals surface area (Å²) >= 11 is 0. The van der Waals surface area contributed by atoms with Crippen molar-refractivity contribution in [3.05, 3.63) is 23.3 Å². The molecule has 0 heterocycles. The van der Waals surface area contributed by atoms with Crippen LogP contribution in [0, 0.1) is 0 Å². The molecule has 88 valence electrons. The summed E-state index contributed by atoms with van der Waals surface area (Å²) in [6.45, 7) is 6.07. The summed E-state index contributed by atoms with van der Waals surface area (Å²) in [5.74, 6) is 0. The molecule has 0 aromatic heterocycles. The molecule has 0 spiro atoms. The maximum Gasteiger partial charge on any atom is 0.671 e. The predicted octanol–water partition coefficient (Wildman–Crippen LogP) is 1.11. The summed E-state index contributed by atoms with van der Waals surface area (Å²) in [5.41, 5.74) is 2.39. The van der Waals surface area contributed by atoms with Crippen molar-refractivity contribution in [3.63, 3.8) is 0 Å². The average Bonchev–Trinajstić information content (AvgIpc) is 2.00. The van der Waals surface area contributed by atoms with E-state index in [1.165, 1.54) is 5.57 Å². The van der Waals surface area contributed by atoms with Crippen LogP contribution in [0.3, 0.4) is 0 Å². The summed E-state index contributed by atoms with van der Waals surface area (Å²) in [5, 5.41) is 0. The minimum atomic E-state index is -4.33. The molecule has 0 saturated carbocycles. The first-order valence-electron chi connectivity index (χ1n) is 4.91. The Balaban J connectivity index is 3.75. The molecular formula is C10H20O4Si. The van der Waals surface area contributed by atoms with E-state index in [1.54, 1.807) is 6.08 Å². The Bertz CT molecular complexity index is 236. The van der Waals surface area contributed by atoms with Crippen LogP contribution in [-0.4, -0.2) is 30.0 Å². The Morgan fingerprint density at radius 3 is 2.20 bits per heavy atom. The lowest BCUT2D eigenvalue weighted by atomic mass is 10.1. The van der Waals surface area contributed by atoms with Crippen LogP contribution in [0.5, 0.6) is 0 Å². The molecule has 5 heteroatoms. The van der Waals surface area contributed by atoms with Crippen LogP contribution in [0.25, 0.3) is 0 Å². The third-order valence-electron chi connectivity index (χ3n) is 1.80. The zero-order chi connectivity index (χ0) is 11.9. The second-order valence-electron chi connectivity index (χ2n) is 3.76. The van der Waals surface area contributed by atoms with Crippen LogP contribution in [-0.2, 0) is 4.43 Å². The highest BCUT2D eigenvalue weighted by atomic mass is 28.4. The topological polar surface area (TPSA) is 69.9 Å². The average molecular weight is 232 g/mol. The van der Waals surface area contributed by atoms with E-state index in [9.17, 15) is 0 Å². The van der Waals surface area contributed by atoms with Gasteiger partial charge in [0, 0.05) is 0 Å². The van der Waals surface area contributed by atoms with Gasteiger partial charge in [-0.1, -0.05) is 23.3 Å². The molecule has 0 amide bonds. The SMILES string of the molecule is CC(C)=CCC/C(C)=C/CO[Si](O)(O)O. The number of hydrogen-bond acceptors (Lipinski definition) is 4. The fourth-order valence-corrected chi connectivity index (χ4v) is 1.29. The van der Waals surface area contributed by atoms with Crippen LogP contribution in [0.15, 0.2) is 23.3 Å². The molecule has 0 rings (SSSR count).